The van der Waals surface area contributed by atoms with Crippen molar-refractivity contribution in [2.24, 2.45) is 0 Å². The van der Waals surface area contributed by atoms with Gasteiger partial charge in [0.15, 0.2) is 0 Å². The van der Waals surface area contributed by atoms with Crippen LogP contribution in [0.25, 0.3) is 0 Å². The summed E-state index contributed by atoms with van der Waals surface area (Å²) >= 11 is 0. The molecule has 0 bridgehead atoms. The number of rotatable bonds is 1. The summed E-state index contributed by atoms with van der Waals surface area (Å²) in [6, 6.07) is -0.894. The van der Waals surface area contributed by atoms with Crippen LogP contribution >= 0.6 is 0 Å². The molecule has 6 N–H and O–H groups in total. The molecule has 2 unspecified atom stereocenters. The van der Waals surface area contributed by atoms with Gasteiger partial charge in [0.25, 0.3) is 11.6 Å². The van der Waals surface area contributed by atoms with E-state index < -0.39 is 48.7 Å². The average Bonchev–Trinajstić information content (AvgIpc) is 2.57. The van der Waals surface area contributed by atoms with Gasteiger partial charge < -0.3 is 25.2 Å². The van der Waals surface area contributed by atoms with E-state index in [1.165, 1.54) is 0 Å². The van der Waals surface area contributed by atoms with Crippen molar-refractivity contribution < 1.29 is 34.8 Å². The molecule has 2 aliphatic rings. The molecule has 0 aromatic carbocycles. The van der Waals surface area contributed by atoms with Gasteiger partial charge in [-0.15, -0.1) is 0 Å². The maximum absolute atomic E-state index is 11.5. The molecule has 9 nitrogen and oxygen atoms in total. The van der Waals surface area contributed by atoms with Crippen LogP contribution in [-0.4, -0.2) is 69.1 Å². The Morgan fingerprint density at radius 3 is 2.35 bits per heavy atom. The van der Waals surface area contributed by atoms with Crippen molar-refractivity contribution >= 4 is 11.9 Å². The van der Waals surface area contributed by atoms with Crippen molar-refractivity contribution in [1.82, 2.24) is 10.6 Å². The largest absolute Gasteiger partial charge is 0.394 e. The molecule has 2 heterocycles. The van der Waals surface area contributed by atoms with E-state index in [-0.39, 0.29) is 0 Å². The summed E-state index contributed by atoms with van der Waals surface area (Å²) < 4.78 is 5.01. The zero-order chi connectivity index (χ0) is 12.8. The van der Waals surface area contributed by atoms with E-state index >= 15 is 0 Å². The van der Waals surface area contributed by atoms with E-state index in [9.17, 15) is 24.9 Å². The highest BCUT2D eigenvalue weighted by Crippen LogP contribution is 2.30. The fraction of sp³-hybridized carbons (Fsp3) is 0.750. The molecular weight excluding hydrogens is 236 g/mol. The average molecular weight is 248 g/mol. The summed E-state index contributed by atoms with van der Waals surface area (Å²) in [7, 11) is 0. The van der Waals surface area contributed by atoms with Gasteiger partial charge in [0.05, 0.1) is 6.61 Å². The van der Waals surface area contributed by atoms with Gasteiger partial charge in [0, 0.05) is 0 Å². The first-order valence-corrected chi connectivity index (χ1v) is 4.89. The van der Waals surface area contributed by atoms with Gasteiger partial charge in [0.1, 0.15) is 24.4 Å². The van der Waals surface area contributed by atoms with Gasteiger partial charge in [-0.05, 0) is 0 Å². The van der Waals surface area contributed by atoms with E-state index in [0.29, 0.717) is 0 Å². The summed E-state index contributed by atoms with van der Waals surface area (Å²) in [6.07, 6.45) is -6.43. The zero-order valence-electron chi connectivity index (χ0n) is 8.53. The smallest absolute Gasteiger partial charge is 0.324 e. The van der Waals surface area contributed by atoms with Gasteiger partial charge in [-0.3, -0.25) is 15.4 Å². The second-order valence-corrected chi connectivity index (χ2v) is 3.91. The molecule has 5 atom stereocenters. The summed E-state index contributed by atoms with van der Waals surface area (Å²) in [6.45, 7) is -0.685. The highest BCUT2D eigenvalue weighted by atomic mass is 16.6. The highest BCUT2D eigenvalue weighted by Gasteiger charge is 2.61. The molecule has 9 heteroatoms. The van der Waals surface area contributed by atoms with Gasteiger partial charge in [-0.1, -0.05) is 0 Å². The number of hydrogen-bond acceptors (Lipinski definition) is 7. The summed E-state index contributed by atoms with van der Waals surface area (Å²) in [5.41, 5.74) is -2.18. The second kappa shape index (κ2) is 3.89. The van der Waals surface area contributed by atoms with Crippen molar-refractivity contribution in [3.8, 4) is 0 Å². The van der Waals surface area contributed by atoms with E-state index in [2.05, 4.69) is 0 Å². The number of imide groups is 1. The van der Waals surface area contributed by atoms with Crippen LogP contribution in [-0.2, 0) is 9.53 Å². The molecule has 2 aliphatic heterocycles. The van der Waals surface area contributed by atoms with Crippen LogP contribution in [0.4, 0.5) is 4.79 Å². The molecule has 2 saturated heterocycles. The maximum Gasteiger partial charge on any atom is 0.324 e. The number of amides is 3. The zero-order valence-corrected chi connectivity index (χ0v) is 8.53. The van der Waals surface area contributed by atoms with Crippen molar-refractivity contribution in [3.05, 3.63) is 0 Å². The summed E-state index contributed by atoms with van der Waals surface area (Å²) in [5.74, 6) is -0.987. The molecule has 3 amide bonds. The Bertz CT molecular complexity index is 360. The fourth-order valence-electron chi connectivity index (χ4n) is 1.91. The summed E-state index contributed by atoms with van der Waals surface area (Å²) in [5, 5.41) is 41.5. The Labute approximate surface area is 95.0 Å². The Morgan fingerprint density at radius 2 is 1.88 bits per heavy atom. The first-order chi connectivity index (χ1) is 7.92. The summed E-state index contributed by atoms with van der Waals surface area (Å²) in [4.78, 5) is 22.5. The third kappa shape index (κ3) is 1.59. The standard InChI is InChI=1S/C8H12N2O7/c11-1-2-3(12)4(13)5(14)8(17-2)6(15)9-7(16)10-8/h2-5,11-14H,1H2,(H2,9,10,15,16)/t2-,3-,4+,5?,8?/m1/s1. The van der Waals surface area contributed by atoms with Crippen LogP contribution in [0, 0.1) is 0 Å². The number of hydrogen-bond donors (Lipinski definition) is 6. The molecule has 2 rings (SSSR count). The SMILES string of the molecule is O=C1NC(=O)C2(N1)O[C@H](CO)[C@@H](O)[C@H](O)C2O. The third-order valence-corrected chi connectivity index (χ3v) is 2.85. The molecular formula is C8H12N2O7. The Morgan fingerprint density at radius 1 is 1.24 bits per heavy atom. The first kappa shape index (κ1) is 12.2. The lowest BCUT2D eigenvalue weighted by molar-refractivity contribution is -0.267. The molecule has 0 aromatic rings. The lowest BCUT2D eigenvalue weighted by Gasteiger charge is -2.44. The normalized spacial score (nSPS) is 45.9. The van der Waals surface area contributed by atoms with Crippen LogP contribution in [0.1, 0.15) is 0 Å². The van der Waals surface area contributed by atoms with Gasteiger partial charge in [-0.25, -0.2) is 4.79 Å². The quantitative estimate of drug-likeness (QED) is 0.259. The van der Waals surface area contributed by atoms with Gasteiger partial charge in [0.2, 0.25) is 0 Å². The van der Waals surface area contributed by atoms with Crippen LogP contribution in [0.2, 0.25) is 0 Å². The van der Waals surface area contributed by atoms with Crippen molar-refractivity contribution in [2.75, 3.05) is 6.61 Å². The van der Waals surface area contributed by atoms with E-state index in [0.717, 1.165) is 0 Å². The number of nitrogens with one attached hydrogen (secondary N) is 2. The number of aliphatic hydroxyl groups excluding tert-OH is 4. The van der Waals surface area contributed by atoms with Crippen molar-refractivity contribution in [3.63, 3.8) is 0 Å². The number of ether oxygens (including phenoxy) is 1. The number of aliphatic hydroxyl groups is 4. The minimum Gasteiger partial charge on any atom is -0.394 e. The minimum absolute atomic E-state index is 0.685. The second-order valence-electron chi connectivity index (χ2n) is 3.91. The molecule has 1 spiro atoms. The van der Waals surface area contributed by atoms with Crippen molar-refractivity contribution in [2.45, 2.75) is 30.1 Å². The number of carbonyl (C=O) groups excluding carboxylic acids is 2. The lowest BCUT2D eigenvalue weighted by Crippen LogP contribution is -2.71. The molecule has 17 heavy (non-hydrogen) atoms. The third-order valence-electron chi connectivity index (χ3n) is 2.85. The Hall–Kier alpha value is -1.26. The lowest BCUT2D eigenvalue weighted by atomic mass is 9.90. The molecule has 0 aromatic heterocycles. The van der Waals surface area contributed by atoms with Gasteiger partial charge in [-0.2, -0.15) is 0 Å². The van der Waals surface area contributed by atoms with Crippen LogP contribution < -0.4 is 10.6 Å². The predicted molar refractivity (Wildman–Crippen MR) is 49.4 cm³/mol. The highest BCUT2D eigenvalue weighted by molar-refractivity contribution is 6.06. The first-order valence-electron chi connectivity index (χ1n) is 4.89. The van der Waals surface area contributed by atoms with E-state index in [4.69, 9.17) is 9.84 Å². The maximum atomic E-state index is 11.5. The number of carbonyl (C=O) groups is 2. The van der Waals surface area contributed by atoms with Crippen LogP contribution in [0.3, 0.4) is 0 Å². The molecule has 96 valence electrons. The Kier molecular flexibility index (Phi) is 2.79. The molecule has 0 saturated carbocycles. The molecule has 0 aliphatic carbocycles. The monoisotopic (exact) mass is 248 g/mol. The molecule has 0 radical (unpaired) electrons. The topological polar surface area (TPSA) is 148 Å². The van der Waals surface area contributed by atoms with Crippen molar-refractivity contribution in [1.29, 1.82) is 0 Å². The Balaban J connectivity index is 2.34. The van der Waals surface area contributed by atoms with E-state index in [1.54, 1.807) is 0 Å². The van der Waals surface area contributed by atoms with Gasteiger partial charge >= 0.3 is 6.03 Å². The minimum atomic E-state index is -2.18. The van der Waals surface area contributed by atoms with E-state index in [1.807, 2.05) is 10.6 Å². The van der Waals surface area contributed by atoms with Crippen LogP contribution in [0.15, 0.2) is 0 Å². The predicted octanol–water partition coefficient (Wildman–Crippen LogP) is -4.00. The molecule has 2 fully saturated rings. The number of urea groups is 1. The van der Waals surface area contributed by atoms with Crippen LogP contribution in [0.5, 0.6) is 0 Å². The fourth-order valence-corrected chi connectivity index (χ4v) is 1.91.